The van der Waals surface area contributed by atoms with Crippen LogP contribution in [0.15, 0.2) is 30.3 Å². The number of carbonyl (C=O) groups excluding carboxylic acids is 1. The van der Waals surface area contributed by atoms with Crippen LogP contribution in [0.25, 0.3) is 0 Å². The van der Waals surface area contributed by atoms with E-state index >= 15 is 0 Å². The van der Waals surface area contributed by atoms with Gasteiger partial charge in [-0.2, -0.15) is 4.31 Å². The maximum atomic E-state index is 12.4. The number of rotatable bonds is 4. The highest BCUT2D eigenvalue weighted by atomic mass is 32.2. The van der Waals surface area contributed by atoms with E-state index in [1.165, 1.54) is 4.31 Å². The van der Waals surface area contributed by atoms with E-state index in [-0.39, 0.29) is 45.4 Å². The molecule has 0 aliphatic carbocycles. The Morgan fingerprint density at radius 1 is 1.16 bits per heavy atom. The van der Waals surface area contributed by atoms with E-state index in [0.29, 0.717) is 12.3 Å². The van der Waals surface area contributed by atoms with E-state index in [1.54, 1.807) is 17.0 Å². The third kappa shape index (κ3) is 4.49. The second kappa shape index (κ2) is 7.28. The molecule has 2 saturated heterocycles. The Hall–Kier alpha value is -1.68. The Morgan fingerprint density at radius 2 is 1.84 bits per heavy atom. The molecule has 0 saturated carbocycles. The van der Waals surface area contributed by atoms with Crippen molar-refractivity contribution in [2.24, 2.45) is 0 Å². The molecule has 138 valence electrons. The fourth-order valence-corrected chi connectivity index (χ4v) is 3.75. The number of ether oxygens (including phenoxy) is 3. The van der Waals surface area contributed by atoms with E-state index in [4.69, 9.17) is 14.2 Å². The summed E-state index contributed by atoms with van der Waals surface area (Å²) >= 11 is 0. The van der Waals surface area contributed by atoms with E-state index in [0.717, 1.165) is 6.26 Å². The summed E-state index contributed by atoms with van der Waals surface area (Å²) in [4.78, 5) is 14.0. The third-order valence-corrected chi connectivity index (χ3v) is 5.46. The van der Waals surface area contributed by atoms with Gasteiger partial charge in [0.25, 0.3) is 5.91 Å². The summed E-state index contributed by atoms with van der Waals surface area (Å²) < 4.78 is 41.8. The van der Waals surface area contributed by atoms with Gasteiger partial charge in [-0.15, -0.1) is 0 Å². The molecule has 1 unspecified atom stereocenters. The van der Waals surface area contributed by atoms with Gasteiger partial charge in [-0.25, -0.2) is 8.42 Å². The molecule has 1 amide bonds. The largest absolute Gasteiger partial charge is 0.484 e. The van der Waals surface area contributed by atoms with Crippen molar-refractivity contribution in [3.8, 4) is 5.75 Å². The molecular weight excluding hydrogens is 348 g/mol. The maximum Gasteiger partial charge on any atom is 0.260 e. The lowest BCUT2D eigenvalue weighted by Crippen LogP contribution is -2.63. The average molecular weight is 370 g/mol. The Balaban J connectivity index is 1.61. The van der Waals surface area contributed by atoms with Crippen LogP contribution in [-0.2, 0) is 24.3 Å². The second-order valence-electron chi connectivity index (χ2n) is 6.12. The smallest absolute Gasteiger partial charge is 0.260 e. The highest BCUT2D eigenvalue weighted by molar-refractivity contribution is 7.88. The first-order chi connectivity index (χ1) is 11.9. The van der Waals surface area contributed by atoms with Crippen molar-refractivity contribution in [1.82, 2.24) is 9.21 Å². The molecule has 3 rings (SSSR count). The minimum Gasteiger partial charge on any atom is -0.484 e. The Bertz CT molecular complexity index is 707. The molecule has 25 heavy (non-hydrogen) atoms. The van der Waals surface area contributed by atoms with Gasteiger partial charge in [-0.1, -0.05) is 18.2 Å². The number of sulfonamides is 1. The molecule has 2 heterocycles. The van der Waals surface area contributed by atoms with Crippen molar-refractivity contribution < 1.29 is 27.4 Å². The SMILES string of the molecule is CS(=O)(=O)N1CCOC2(CN(C(=O)COc3ccccc3)CCO2)C1. The van der Waals surface area contributed by atoms with Gasteiger partial charge < -0.3 is 19.1 Å². The Morgan fingerprint density at radius 3 is 2.52 bits per heavy atom. The van der Waals surface area contributed by atoms with Crippen LogP contribution in [0, 0.1) is 0 Å². The molecule has 9 heteroatoms. The first-order valence-corrected chi connectivity index (χ1v) is 9.91. The molecule has 0 N–H and O–H groups in total. The standard InChI is InChI=1S/C16H22N2O6S/c1-25(20,21)18-8-10-24-16(13-18)12-17(7-9-23-16)15(19)11-22-14-5-3-2-4-6-14/h2-6H,7-13H2,1H3. The van der Waals surface area contributed by atoms with Gasteiger partial charge in [0, 0.05) is 13.1 Å². The molecule has 2 aliphatic heterocycles. The number of para-hydroxylation sites is 1. The molecular formula is C16H22N2O6S. The van der Waals surface area contributed by atoms with Crippen LogP contribution in [0.2, 0.25) is 0 Å². The number of hydrogen-bond donors (Lipinski definition) is 0. The van der Waals surface area contributed by atoms with Crippen molar-refractivity contribution in [2.75, 3.05) is 52.3 Å². The van der Waals surface area contributed by atoms with E-state index < -0.39 is 15.8 Å². The van der Waals surface area contributed by atoms with Crippen molar-refractivity contribution in [3.63, 3.8) is 0 Å². The minimum absolute atomic E-state index is 0.0785. The maximum absolute atomic E-state index is 12.4. The second-order valence-corrected chi connectivity index (χ2v) is 8.10. The predicted octanol–water partition coefficient (Wildman–Crippen LogP) is -0.0877. The highest BCUT2D eigenvalue weighted by Gasteiger charge is 2.45. The van der Waals surface area contributed by atoms with Crippen LogP contribution in [-0.4, -0.2) is 81.6 Å². The van der Waals surface area contributed by atoms with Crippen LogP contribution in [0.3, 0.4) is 0 Å². The van der Waals surface area contributed by atoms with E-state index in [2.05, 4.69) is 0 Å². The summed E-state index contributed by atoms with van der Waals surface area (Å²) in [6.45, 7) is 1.39. The molecule has 0 bridgehead atoms. The predicted molar refractivity (Wildman–Crippen MR) is 89.6 cm³/mol. The summed E-state index contributed by atoms with van der Waals surface area (Å²) in [5.74, 6) is -0.676. The van der Waals surface area contributed by atoms with Gasteiger partial charge in [0.05, 0.1) is 32.6 Å². The lowest BCUT2D eigenvalue weighted by atomic mass is 10.2. The molecule has 0 aromatic heterocycles. The molecule has 1 aromatic rings. The third-order valence-electron chi connectivity index (χ3n) is 4.21. The summed E-state index contributed by atoms with van der Waals surface area (Å²) in [5, 5.41) is 0. The van der Waals surface area contributed by atoms with Gasteiger partial charge in [-0.3, -0.25) is 4.79 Å². The quantitative estimate of drug-likeness (QED) is 0.737. The number of benzene rings is 1. The Kier molecular flexibility index (Phi) is 5.28. The zero-order chi connectivity index (χ0) is 17.9. The summed E-state index contributed by atoms with van der Waals surface area (Å²) in [7, 11) is -3.34. The van der Waals surface area contributed by atoms with Gasteiger partial charge in [-0.05, 0) is 12.1 Å². The number of hydrogen-bond acceptors (Lipinski definition) is 6. The molecule has 2 fully saturated rings. The van der Waals surface area contributed by atoms with Crippen LogP contribution >= 0.6 is 0 Å². The zero-order valence-corrected chi connectivity index (χ0v) is 14.9. The Labute approximate surface area is 147 Å². The molecule has 2 aliphatic rings. The normalized spacial score (nSPS) is 25.1. The van der Waals surface area contributed by atoms with E-state index in [1.807, 2.05) is 18.2 Å². The van der Waals surface area contributed by atoms with Gasteiger partial charge in [0.2, 0.25) is 10.0 Å². The topological polar surface area (TPSA) is 85.4 Å². The minimum atomic E-state index is -3.34. The monoisotopic (exact) mass is 370 g/mol. The van der Waals surface area contributed by atoms with Crippen LogP contribution in [0.4, 0.5) is 0 Å². The highest BCUT2D eigenvalue weighted by Crippen LogP contribution is 2.26. The summed E-state index contributed by atoms with van der Waals surface area (Å²) in [5.41, 5.74) is 0. The summed E-state index contributed by atoms with van der Waals surface area (Å²) in [6.07, 6.45) is 1.16. The molecule has 1 spiro atoms. The van der Waals surface area contributed by atoms with Crippen LogP contribution in [0.5, 0.6) is 5.75 Å². The van der Waals surface area contributed by atoms with Crippen LogP contribution < -0.4 is 4.74 Å². The van der Waals surface area contributed by atoms with Crippen molar-refractivity contribution in [1.29, 1.82) is 0 Å². The zero-order valence-electron chi connectivity index (χ0n) is 14.1. The lowest BCUT2D eigenvalue weighted by Gasteiger charge is -2.46. The first-order valence-electron chi connectivity index (χ1n) is 8.07. The van der Waals surface area contributed by atoms with Gasteiger partial charge in [0.1, 0.15) is 5.75 Å². The molecule has 1 aromatic carbocycles. The fourth-order valence-electron chi connectivity index (χ4n) is 2.92. The molecule has 1 atom stereocenters. The van der Waals surface area contributed by atoms with Crippen molar-refractivity contribution >= 4 is 15.9 Å². The van der Waals surface area contributed by atoms with Crippen LogP contribution in [0.1, 0.15) is 0 Å². The van der Waals surface area contributed by atoms with Gasteiger partial charge >= 0.3 is 0 Å². The molecule has 8 nitrogen and oxygen atoms in total. The lowest BCUT2D eigenvalue weighted by molar-refractivity contribution is -0.281. The van der Waals surface area contributed by atoms with E-state index in [9.17, 15) is 13.2 Å². The van der Waals surface area contributed by atoms with Crippen molar-refractivity contribution in [2.45, 2.75) is 5.79 Å². The molecule has 0 radical (unpaired) electrons. The van der Waals surface area contributed by atoms with Gasteiger partial charge in [0.15, 0.2) is 12.4 Å². The fraction of sp³-hybridized carbons (Fsp3) is 0.562. The number of nitrogens with zero attached hydrogens (tertiary/aromatic N) is 2. The number of morpholine rings is 2. The van der Waals surface area contributed by atoms with Crippen molar-refractivity contribution in [3.05, 3.63) is 30.3 Å². The summed E-state index contributed by atoms with van der Waals surface area (Å²) in [6, 6.07) is 9.09. The average Bonchev–Trinajstić information content (AvgIpc) is 2.60. The first kappa shape index (κ1) is 18.1. The number of carbonyl (C=O) groups is 1. The number of amides is 1.